The second-order valence-electron chi connectivity index (χ2n) is 6.06. The fourth-order valence-electron chi connectivity index (χ4n) is 2.72. The smallest absolute Gasteiger partial charge is 0.352 e. The van der Waals surface area contributed by atoms with Crippen molar-refractivity contribution in [1.29, 1.82) is 0 Å². The van der Waals surface area contributed by atoms with Crippen molar-refractivity contribution in [2.45, 2.75) is 77.0 Å². The van der Waals surface area contributed by atoms with E-state index in [2.05, 4.69) is 19.1 Å². The molecule has 5 heteroatoms. The van der Waals surface area contributed by atoms with E-state index in [1.165, 1.54) is 19.3 Å². The highest BCUT2D eigenvalue weighted by atomic mass is 32.1. The molecule has 0 unspecified atom stereocenters. The average molecular weight is 314 g/mol. The Kier molecular flexibility index (Phi) is 6.02. The summed E-state index contributed by atoms with van der Waals surface area (Å²) in [5, 5.41) is 0.210. The van der Waals surface area contributed by atoms with Gasteiger partial charge in [0, 0.05) is 12.2 Å². The first-order valence-corrected chi connectivity index (χ1v) is 8.26. The first-order chi connectivity index (χ1) is 10.0. The molecule has 0 aromatic rings. The molecule has 0 aromatic heterocycles. The van der Waals surface area contributed by atoms with Crippen LogP contribution in [0.4, 0.5) is 0 Å². The summed E-state index contributed by atoms with van der Waals surface area (Å²) in [6, 6.07) is 0. The predicted molar refractivity (Wildman–Crippen MR) is 85.1 cm³/mol. The van der Waals surface area contributed by atoms with Gasteiger partial charge in [0.25, 0.3) is 0 Å². The van der Waals surface area contributed by atoms with Crippen LogP contribution in [0.15, 0.2) is 12.2 Å². The summed E-state index contributed by atoms with van der Waals surface area (Å²) in [5.74, 6) is -0.584. The Morgan fingerprint density at radius 1 is 1.24 bits per heavy atom. The molecule has 0 amide bonds. The highest BCUT2D eigenvalue weighted by molar-refractivity contribution is 7.79. The van der Waals surface area contributed by atoms with Gasteiger partial charge in [-0.05, 0) is 33.1 Å². The molecule has 4 nitrogen and oxygen atoms in total. The second-order valence-corrected chi connectivity index (χ2v) is 6.39. The average Bonchev–Trinajstić information content (AvgIpc) is 2.97. The third-order valence-electron chi connectivity index (χ3n) is 3.71. The van der Waals surface area contributed by atoms with E-state index in [1.807, 2.05) is 13.8 Å². The van der Waals surface area contributed by atoms with E-state index in [-0.39, 0.29) is 23.5 Å². The number of ether oxygens (including phenoxy) is 4. The van der Waals surface area contributed by atoms with E-state index in [9.17, 15) is 0 Å². The first kappa shape index (κ1) is 16.7. The van der Waals surface area contributed by atoms with Gasteiger partial charge in [-0.2, -0.15) is 0 Å². The molecule has 0 aromatic carbocycles. The number of hydrogen-bond donors (Lipinski definition) is 0. The Hall–Kier alpha value is -0.650. The lowest BCUT2D eigenvalue weighted by Crippen LogP contribution is -2.36. The number of rotatable bonds is 7. The number of allylic oxidation sites excluding steroid dienone is 1. The van der Waals surface area contributed by atoms with Gasteiger partial charge in [0.05, 0.1) is 6.10 Å². The van der Waals surface area contributed by atoms with Gasteiger partial charge >= 0.3 is 5.24 Å². The van der Waals surface area contributed by atoms with Gasteiger partial charge in [0.15, 0.2) is 11.9 Å². The molecule has 2 aliphatic rings. The zero-order valence-corrected chi connectivity index (χ0v) is 14.0. The van der Waals surface area contributed by atoms with Crippen LogP contribution in [0, 0.1) is 0 Å². The maximum absolute atomic E-state index is 5.98. The molecule has 0 bridgehead atoms. The third-order valence-corrected chi connectivity index (χ3v) is 3.92. The van der Waals surface area contributed by atoms with Crippen LogP contribution in [0.3, 0.4) is 0 Å². The number of hydrogen-bond acceptors (Lipinski definition) is 5. The van der Waals surface area contributed by atoms with E-state index in [0.29, 0.717) is 6.61 Å². The minimum atomic E-state index is -0.584. The number of unbranched alkanes of at least 4 members (excludes halogenated alkanes) is 3. The van der Waals surface area contributed by atoms with Gasteiger partial charge in [-0.25, -0.2) is 0 Å². The summed E-state index contributed by atoms with van der Waals surface area (Å²) >= 11 is 4.92. The molecule has 0 aliphatic carbocycles. The molecule has 0 N–H and O–H groups in total. The highest BCUT2D eigenvalue weighted by Gasteiger charge is 2.47. The maximum Gasteiger partial charge on any atom is 0.352 e. The molecule has 2 fully saturated rings. The van der Waals surface area contributed by atoms with Crippen LogP contribution in [0.1, 0.15) is 52.9 Å². The molecule has 2 heterocycles. The maximum atomic E-state index is 5.98. The molecule has 2 aliphatic heterocycles. The zero-order valence-electron chi connectivity index (χ0n) is 13.2. The van der Waals surface area contributed by atoms with Gasteiger partial charge in [-0.1, -0.05) is 31.9 Å². The molecule has 0 radical (unpaired) electrons. The van der Waals surface area contributed by atoms with E-state index in [1.54, 1.807) is 0 Å². The van der Waals surface area contributed by atoms with Crippen molar-refractivity contribution in [2.75, 3.05) is 6.61 Å². The van der Waals surface area contributed by atoms with Gasteiger partial charge in [0.2, 0.25) is 0 Å². The lowest BCUT2D eigenvalue weighted by atomic mass is 10.1. The fraction of sp³-hybridized carbons (Fsp3) is 0.812. The van der Waals surface area contributed by atoms with Crippen LogP contribution in [0.2, 0.25) is 0 Å². The highest BCUT2D eigenvalue weighted by Crippen LogP contribution is 2.34. The lowest BCUT2D eigenvalue weighted by Gasteiger charge is -2.19. The van der Waals surface area contributed by atoms with Gasteiger partial charge < -0.3 is 18.9 Å². The van der Waals surface area contributed by atoms with Crippen molar-refractivity contribution >= 4 is 17.5 Å². The van der Waals surface area contributed by atoms with E-state index < -0.39 is 5.79 Å². The van der Waals surface area contributed by atoms with Crippen LogP contribution in [0.5, 0.6) is 0 Å². The van der Waals surface area contributed by atoms with Crippen molar-refractivity contribution in [3.8, 4) is 0 Å². The van der Waals surface area contributed by atoms with E-state index in [0.717, 1.165) is 12.8 Å². The van der Waals surface area contributed by atoms with Crippen molar-refractivity contribution in [2.24, 2.45) is 0 Å². The topological polar surface area (TPSA) is 36.9 Å². The van der Waals surface area contributed by atoms with Crippen molar-refractivity contribution in [3.05, 3.63) is 12.2 Å². The molecule has 3 atom stereocenters. The second kappa shape index (κ2) is 7.56. The number of thiocarbonyl (C=S) groups is 1. The van der Waals surface area contributed by atoms with Gasteiger partial charge in [-0.3, -0.25) is 0 Å². The van der Waals surface area contributed by atoms with Crippen LogP contribution in [-0.2, 0) is 18.9 Å². The Morgan fingerprint density at radius 3 is 2.71 bits per heavy atom. The van der Waals surface area contributed by atoms with Crippen LogP contribution in [0.25, 0.3) is 0 Å². The molecule has 0 spiro atoms. The summed E-state index contributed by atoms with van der Waals surface area (Å²) in [6.07, 6.45) is 9.84. The minimum absolute atomic E-state index is 0.0167. The SMILES string of the molecule is CCCCCC=CC[C@H]1OC(C)(C)O[C@@H]1[C@H]1COC(=S)O1. The summed E-state index contributed by atoms with van der Waals surface area (Å²) in [6.45, 7) is 6.52. The first-order valence-electron chi connectivity index (χ1n) is 7.86. The van der Waals surface area contributed by atoms with Crippen LogP contribution >= 0.6 is 12.2 Å². The summed E-state index contributed by atoms with van der Waals surface area (Å²) < 4.78 is 22.7. The van der Waals surface area contributed by atoms with Crippen molar-refractivity contribution < 1.29 is 18.9 Å². The minimum Gasteiger partial charge on any atom is -0.453 e. The molecule has 120 valence electrons. The summed E-state index contributed by atoms with van der Waals surface area (Å²) in [4.78, 5) is 0. The van der Waals surface area contributed by atoms with Crippen molar-refractivity contribution in [3.63, 3.8) is 0 Å². The lowest BCUT2D eigenvalue weighted by molar-refractivity contribution is -0.152. The van der Waals surface area contributed by atoms with Gasteiger partial charge in [0.1, 0.15) is 12.7 Å². The Morgan fingerprint density at radius 2 is 2.05 bits per heavy atom. The molecule has 21 heavy (non-hydrogen) atoms. The fourth-order valence-corrected chi connectivity index (χ4v) is 2.92. The standard InChI is InChI=1S/C16H26O4S/c1-4-5-6-7-8-9-10-12-14(20-16(2,3)19-12)13-11-17-15(21)18-13/h8-9,12-14H,4-7,10-11H2,1-3H3/t12-,13-,14+/m1/s1. The van der Waals surface area contributed by atoms with E-state index >= 15 is 0 Å². The molecular weight excluding hydrogens is 288 g/mol. The van der Waals surface area contributed by atoms with Gasteiger partial charge in [-0.15, -0.1) is 0 Å². The van der Waals surface area contributed by atoms with Crippen LogP contribution in [-0.4, -0.2) is 35.9 Å². The predicted octanol–water partition coefficient (Wildman–Crippen LogP) is 3.73. The normalized spacial score (nSPS) is 31.6. The van der Waals surface area contributed by atoms with E-state index in [4.69, 9.17) is 31.2 Å². The molecular formula is C16H26O4S. The largest absolute Gasteiger partial charge is 0.453 e. The monoisotopic (exact) mass is 314 g/mol. The summed E-state index contributed by atoms with van der Waals surface area (Å²) in [5.41, 5.74) is 0. The molecule has 2 saturated heterocycles. The molecule has 2 rings (SSSR count). The van der Waals surface area contributed by atoms with Crippen LogP contribution < -0.4 is 0 Å². The quantitative estimate of drug-likeness (QED) is 0.406. The zero-order chi connectivity index (χ0) is 15.3. The molecule has 0 saturated carbocycles. The Labute approximate surface area is 132 Å². The van der Waals surface area contributed by atoms with Crippen molar-refractivity contribution in [1.82, 2.24) is 0 Å². The summed E-state index contributed by atoms with van der Waals surface area (Å²) in [7, 11) is 0. The Bertz CT molecular complexity index is 380. The Balaban J connectivity index is 1.85. The third kappa shape index (κ3) is 4.94.